The molecule has 0 atom stereocenters. The molecule has 0 saturated carbocycles. The Hall–Kier alpha value is -2.18. The first-order chi connectivity index (χ1) is 11.1. The monoisotopic (exact) mass is 350 g/mol. The van der Waals surface area contributed by atoms with Crippen LogP contribution < -0.4 is 15.5 Å². The molecule has 1 amide bonds. The Morgan fingerprint density at radius 2 is 2.00 bits per heavy atom. The van der Waals surface area contributed by atoms with Crippen LogP contribution in [0, 0.1) is 12.7 Å². The fraction of sp³-hybridized carbons (Fsp3) is 0.294. The number of rotatable bonds is 3. The zero-order valence-corrected chi connectivity index (χ0v) is 14.2. The van der Waals surface area contributed by atoms with Crippen LogP contribution in [0.2, 0.25) is 0 Å². The van der Waals surface area contributed by atoms with Crippen molar-refractivity contribution in [3.05, 3.63) is 53.5 Å². The first-order valence-electron chi connectivity index (χ1n) is 7.63. The number of amides is 1. The van der Waals surface area contributed by atoms with Gasteiger partial charge in [0.15, 0.2) is 0 Å². The highest BCUT2D eigenvalue weighted by molar-refractivity contribution is 6.03. The summed E-state index contributed by atoms with van der Waals surface area (Å²) in [4.78, 5) is 18.7. The van der Waals surface area contributed by atoms with Crippen LogP contribution in [0.5, 0.6) is 0 Å². The maximum Gasteiger partial charge on any atom is 0.256 e. The third kappa shape index (κ3) is 4.21. The van der Waals surface area contributed by atoms with Gasteiger partial charge >= 0.3 is 0 Å². The minimum absolute atomic E-state index is 0. The lowest BCUT2D eigenvalue weighted by Crippen LogP contribution is -2.43. The minimum Gasteiger partial charge on any atom is -0.368 e. The smallest absolute Gasteiger partial charge is 0.256 e. The highest BCUT2D eigenvalue weighted by Gasteiger charge is 2.12. The van der Waals surface area contributed by atoms with Gasteiger partial charge in [0.1, 0.15) is 11.6 Å². The molecule has 5 nitrogen and oxygen atoms in total. The van der Waals surface area contributed by atoms with Crippen molar-refractivity contribution in [2.24, 2.45) is 0 Å². The molecule has 0 aliphatic carbocycles. The van der Waals surface area contributed by atoms with Crippen molar-refractivity contribution in [2.45, 2.75) is 6.92 Å². The van der Waals surface area contributed by atoms with Gasteiger partial charge in [-0.1, -0.05) is 0 Å². The molecule has 1 saturated heterocycles. The topological polar surface area (TPSA) is 57.3 Å². The standard InChI is InChI=1S/C17H19FN4O.ClH/c1-12-10-13(2-4-15(12)18)17(23)21-16-5-3-14(11-20-16)22-8-6-19-7-9-22;/h2-5,10-11,19H,6-9H2,1H3,(H,20,21,23);1H. The Labute approximate surface area is 146 Å². The molecular formula is C17H20ClFN4O. The average Bonchev–Trinajstić information content (AvgIpc) is 2.59. The third-order valence-corrected chi connectivity index (χ3v) is 3.89. The second-order valence-electron chi connectivity index (χ2n) is 5.56. The number of hydrogen-bond acceptors (Lipinski definition) is 4. The predicted octanol–water partition coefficient (Wildman–Crippen LogP) is 2.61. The quantitative estimate of drug-likeness (QED) is 0.893. The van der Waals surface area contributed by atoms with E-state index in [-0.39, 0.29) is 24.1 Å². The van der Waals surface area contributed by atoms with Crippen LogP contribution in [0.25, 0.3) is 0 Å². The molecule has 3 rings (SSSR count). The molecule has 1 fully saturated rings. The van der Waals surface area contributed by atoms with Gasteiger partial charge in [0.25, 0.3) is 5.91 Å². The lowest BCUT2D eigenvalue weighted by atomic mass is 10.1. The van der Waals surface area contributed by atoms with E-state index in [2.05, 4.69) is 20.5 Å². The number of benzene rings is 1. The number of hydrogen-bond donors (Lipinski definition) is 2. The van der Waals surface area contributed by atoms with E-state index < -0.39 is 0 Å². The van der Waals surface area contributed by atoms with Gasteiger partial charge < -0.3 is 15.5 Å². The average molecular weight is 351 g/mol. The van der Waals surface area contributed by atoms with E-state index in [1.807, 2.05) is 6.07 Å². The number of pyridine rings is 1. The summed E-state index contributed by atoms with van der Waals surface area (Å²) in [6.07, 6.45) is 1.76. The largest absolute Gasteiger partial charge is 0.368 e. The van der Waals surface area contributed by atoms with Gasteiger partial charge in [-0.3, -0.25) is 4.79 Å². The maximum absolute atomic E-state index is 13.3. The summed E-state index contributed by atoms with van der Waals surface area (Å²) < 4.78 is 13.3. The molecular weight excluding hydrogens is 331 g/mol. The van der Waals surface area contributed by atoms with Crippen molar-refractivity contribution in [1.82, 2.24) is 10.3 Å². The van der Waals surface area contributed by atoms with Crippen LogP contribution in [-0.4, -0.2) is 37.1 Å². The molecule has 1 aromatic heterocycles. The van der Waals surface area contributed by atoms with Gasteiger partial charge in [0, 0.05) is 31.7 Å². The molecule has 2 N–H and O–H groups in total. The molecule has 0 spiro atoms. The molecule has 0 radical (unpaired) electrons. The summed E-state index contributed by atoms with van der Waals surface area (Å²) in [5, 5.41) is 6.03. The molecule has 7 heteroatoms. The first kappa shape index (κ1) is 18.2. The molecule has 1 aliphatic rings. The third-order valence-electron chi connectivity index (χ3n) is 3.89. The molecule has 2 aromatic rings. The predicted molar refractivity (Wildman–Crippen MR) is 95.7 cm³/mol. The lowest BCUT2D eigenvalue weighted by molar-refractivity contribution is 0.102. The Balaban J connectivity index is 0.00000208. The van der Waals surface area contributed by atoms with E-state index in [9.17, 15) is 9.18 Å². The van der Waals surface area contributed by atoms with Crippen molar-refractivity contribution >= 4 is 29.8 Å². The van der Waals surface area contributed by atoms with E-state index in [0.29, 0.717) is 16.9 Å². The number of carbonyl (C=O) groups is 1. The van der Waals surface area contributed by atoms with E-state index in [4.69, 9.17) is 0 Å². The molecule has 1 aliphatic heterocycles. The molecule has 2 heterocycles. The van der Waals surface area contributed by atoms with Crippen molar-refractivity contribution in [3.8, 4) is 0 Å². The molecule has 1 aromatic carbocycles. The molecule has 0 bridgehead atoms. The van der Waals surface area contributed by atoms with Gasteiger partial charge in [0.05, 0.1) is 11.9 Å². The Bertz CT molecular complexity index is 702. The number of halogens is 2. The van der Waals surface area contributed by atoms with E-state index in [1.54, 1.807) is 19.2 Å². The summed E-state index contributed by atoms with van der Waals surface area (Å²) in [6.45, 7) is 5.45. The van der Waals surface area contributed by atoms with Gasteiger partial charge in [-0.25, -0.2) is 9.37 Å². The van der Waals surface area contributed by atoms with Gasteiger partial charge in [-0.15, -0.1) is 12.4 Å². The maximum atomic E-state index is 13.3. The van der Waals surface area contributed by atoms with Crippen molar-refractivity contribution in [3.63, 3.8) is 0 Å². The van der Waals surface area contributed by atoms with E-state index >= 15 is 0 Å². The number of carbonyl (C=O) groups excluding carboxylic acids is 1. The van der Waals surface area contributed by atoms with Crippen LogP contribution in [0.1, 0.15) is 15.9 Å². The Morgan fingerprint density at radius 3 is 2.62 bits per heavy atom. The van der Waals surface area contributed by atoms with Crippen LogP contribution in [0.4, 0.5) is 15.9 Å². The number of nitrogens with zero attached hydrogens (tertiary/aromatic N) is 2. The summed E-state index contributed by atoms with van der Waals surface area (Å²) in [5.41, 5.74) is 1.90. The summed E-state index contributed by atoms with van der Waals surface area (Å²) >= 11 is 0. The second kappa shape index (κ2) is 8.08. The van der Waals surface area contributed by atoms with Crippen LogP contribution in [-0.2, 0) is 0 Å². The molecule has 128 valence electrons. The highest BCUT2D eigenvalue weighted by Crippen LogP contribution is 2.16. The second-order valence-corrected chi connectivity index (χ2v) is 5.56. The number of aromatic nitrogens is 1. The highest BCUT2D eigenvalue weighted by atomic mass is 35.5. The summed E-state index contributed by atoms with van der Waals surface area (Å²) in [7, 11) is 0. The van der Waals surface area contributed by atoms with Gasteiger partial charge in [0.2, 0.25) is 0 Å². The van der Waals surface area contributed by atoms with Gasteiger partial charge in [-0.2, -0.15) is 0 Å². The summed E-state index contributed by atoms with van der Waals surface area (Å²) in [6, 6.07) is 8.02. The zero-order chi connectivity index (χ0) is 16.2. The molecule has 0 unspecified atom stereocenters. The normalized spacial score (nSPS) is 14.0. The van der Waals surface area contributed by atoms with Crippen molar-refractivity contribution in [1.29, 1.82) is 0 Å². The number of anilines is 2. The van der Waals surface area contributed by atoms with Crippen molar-refractivity contribution < 1.29 is 9.18 Å². The Kier molecular flexibility index (Phi) is 6.11. The van der Waals surface area contributed by atoms with E-state index in [1.165, 1.54) is 18.2 Å². The van der Waals surface area contributed by atoms with Crippen LogP contribution >= 0.6 is 12.4 Å². The van der Waals surface area contributed by atoms with Crippen LogP contribution in [0.3, 0.4) is 0 Å². The zero-order valence-electron chi connectivity index (χ0n) is 13.4. The Morgan fingerprint density at radius 1 is 1.25 bits per heavy atom. The summed E-state index contributed by atoms with van der Waals surface area (Å²) in [5.74, 6) is -0.133. The fourth-order valence-electron chi connectivity index (χ4n) is 2.54. The van der Waals surface area contributed by atoms with Crippen LogP contribution in [0.15, 0.2) is 36.5 Å². The molecule has 24 heavy (non-hydrogen) atoms. The number of piperazine rings is 1. The van der Waals surface area contributed by atoms with Gasteiger partial charge in [-0.05, 0) is 42.8 Å². The first-order valence-corrected chi connectivity index (χ1v) is 7.63. The van der Waals surface area contributed by atoms with E-state index in [0.717, 1.165) is 31.9 Å². The number of nitrogens with one attached hydrogen (secondary N) is 2. The lowest BCUT2D eigenvalue weighted by Gasteiger charge is -2.29. The SMILES string of the molecule is Cc1cc(C(=O)Nc2ccc(N3CCNCC3)cn2)ccc1F.Cl. The number of aryl methyl sites for hydroxylation is 1. The minimum atomic E-state index is -0.319. The fourth-order valence-corrected chi connectivity index (χ4v) is 2.54. The van der Waals surface area contributed by atoms with Crippen molar-refractivity contribution in [2.75, 3.05) is 36.4 Å².